The molecule has 148 valence electrons. The Balaban J connectivity index is 0.00000136. The first-order chi connectivity index (χ1) is 13.7. The lowest BCUT2D eigenvalue weighted by molar-refractivity contribution is 0.475. The fourth-order valence-corrected chi connectivity index (χ4v) is 2.61. The third-order valence-electron chi connectivity index (χ3n) is 3.96. The minimum Gasteiger partial charge on any atom is -0.508 e. The zero-order valence-corrected chi connectivity index (χ0v) is 17.0. The molecule has 0 saturated heterocycles. The van der Waals surface area contributed by atoms with Gasteiger partial charge in [-0.25, -0.2) is 15.0 Å². The number of phenols is 1. The van der Waals surface area contributed by atoms with Crippen LogP contribution in [0.1, 0.15) is 39.2 Å². The Morgan fingerprint density at radius 3 is 2.64 bits per heavy atom. The zero-order chi connectivity index (χ0) is 20.4. The van der Waals surface area contributed by atoms with Crippen molar-refractivity contribution in [3.63, 3.8) is 0 Å². The first kappa shape index (κ1) is 21.2. The number of hydrogen-bond donors (Lipinski definition) is 3. The van der Waals surface area contributed by atoms with Crippen molar-refractivity contribution in [1.29, 1.82) is 0 Å². The van der Waals surface area contributed by atoms with Crippen molar-refractivity contribution in [3.8, 4) is 17.0 Å². The number of aromatic nitrogens is 3. The van der Waals surface area contributed by atoms with Crippen molar-refractivity contribution >= 4 is 17.5 Å². The fourth-order valence-electron chi connectivity index (χ4n) is 2.61. The van der Waals surface area contributed by atoms with Gasteiger partial charge in [-0.05, 0) is 43.2 Å². The summed E-state index contributed by atoms with van der Waals surface area (Å²) < 4.78 is 0. The highest BCUT2D eigenvalue weighted by Gasteiger charge is 2.12. The molecule has 2 heterocycles. The van der Waals surface area contributed by atoms with Crippen LogP contribution in [0.4, 0.5) is 17.5 Å². The van der Waals surface area contributed by atoms with Gasteiger partial charge in [-0.15, -0.1) is 0 Å². The number of nitrogens with one attached hydrogen (secondary N) is 2. The Morgan fingerprint density at radius 2 is 1.89 bits per heavy atom. The van der Waals surface area contributed by atoms with Crippen molar-refractivity contribution < 1.29 is 5.11 Å². The summed E-state index contributed by atoms with van der Waals surface area (Å²) in [6.45, 7) is 9.02. The second kappa shape index (κ2) is 10.9. The molecule has 1 aromatic carbocycles. The standard InChI is InChI=1S/C20H23N5O.C2H6/c1-3-4-10-21-19-17(9-6-11-22-19)18-14(2)13-23-20(25-18)24-15-7-5-8-16(26)12-15;1-2/h5-9,11-13,26H,3-4,10H2,1-2H3,(H,21,22)(H,23,24,25);1-2H3. The lowest BCUT2D eigenvalue weighted by Gasteiger charge is -2.13. The van der Waals surface area contributed by atoms with Gasteiger partial charge >= 0.3 is 0 Å². The average Bonchev–Trinajstić information content (AvgIpc) is 2.72. The van der Waals surface area contributed by atoms with E-state index >= 15 is 0 Å². The first-order valence-electron chi connectivity index (χ1n) is 9.76. The van der Waals surface area contributed by atoms with E-state index in [1.54, 1.807) is 30.6 Å². The van der Waals surface area contributed by atoms with Crippen LogP contribution < -0.4 is 10.6 Å². The lowest BCUT2D eigenvalue weighted by Crippen LogP contribution is -2.06. The van der Waals surface area contributed by atoms with E-state index < -0.39 is 0 Å². The Bertz CT molecular complexity index is 882. The van der Waals surface area contributed by atoms with Crippen LogP contribution in [0, 0.1) is 6.92 Å². The van der Waals surface area contributed by atoms with Gasteiger partial charge < -0.3 is 15.7 Å². The summed E-state index contributed by atoms with van der Waals surface area (Å²) in [5.41, 5.74) is 3.47. The molecule has 0 bridgehead atoms. The van der Waals surface area contributed by atoms with E-state index in [0.29, 0.717) is 5.95 Å². The normalized spacial score (nSPS) is 10.0. The molecule has 28 heavy (non-hydrogen) atoms. The van der Waals surface area contributed by atoms with Crippen LogP contribution in [0.15, 0.2) is 48.8 Å². The summed E-state index contributed by atoms with van der Waals surface area (Å²) in [6.07, 6.45) is 5.78. The van der Waals surface area contributed by atoms with Crippen molar-refractivity contribution in [2.24, 2.45) is 0 Å². The Kier molecular flexibility index (Phi) is 8.21. The summed E-state index contributed by atoms with van der Waals surface area (Å²) >= 11 is 0. The fraction of sp³-hybridized carbons (Fsp3) is 0.318. The highest BCUT2D eigenvalue weighted by Crippen LogP contribution is 2.28. The van der Waals surface area contributed by atoms with Gasteiger partial charge in [-0.1, -0.05) is 33.3 Å². The number of anilines is 3. The molecule has 3 rings (SSSR count). The first-order valence-corrected chi connectivity index (χ1v) is 9.76. The van der Waals surface area contributed by atoms with Gasteiger partial charge in [-0.3, -0.25) is 0 Å². The predicted molar refractivity (Wildman–Crippen MR) is 116 cm³/mol. The highest BCUT2D eigenvalue weighted by atomic mass is 16.3. The Hall–Kier alpha value is -3.15. The van der Waals surface area contributed by atoms with E-state index in [4.69, 9.17) is 0 Å². The third kappa shape index (κ3) is 5.67. The Labute approximate surface area is 167 Å². The molecular weight excluding hydrogens is 350 g/mol. The summed E-state index contributed by atoms with van der Waals surface area (Å²) in [4.78, 5) is 13.5. The molecule has 0 atom stereocenters. The quantitative estimate of drug-likeness (QED) is 0.468. The van der Waals surface area contributed by atoms with Crippen molar-refractivity contribution in [3.05, 3.63) is 54.4 Å². The number of aromatic hydroxyl groups is 1. The van der Waals surface area contributed by atoms with Crippen LogP contribution in [0.3, 0.4) is 0 Å². The van der Waals surface area contributed by atoms with Crippen LogP contribution in [0.5, 0.6) is 5.75 Å². The number of aryl methyl sites for hydroxylation is 1. The molecule has 3 N–H and O–H groups in total. The minimum absolute atomic E-state index is 0.192. The molecule has 0 aliphatic rings. The number of unbranched alkanes of at least 4 members (excludes halogenated alkanes) is 1. The zero-order valence-electron chi connectivity index (χ0n) is 17.0. The number of nitrogens with zero attached hydrogens (tertiary/aromatic N) is 3. The SMILES string of the molecule is CC.CCCCNc1ncccc1-c1nc(Nc2cccc(O)c2)ncc1C. The number of phenolic OH excluding ortho intramolecular Hbond substituents is 1. The third-order valence-corrected chi connectivity index (χ3v) is 3.96. The topological polar surface area (TPSA) is 83.0 Å². The average molecular weight is 380 g/mol. The van der Waals surface area contributed by atoms with Crippen molar-refractivity contribution in [2.45, 2.75) is 40.5 Å². The van der Waals surface area contributed by atoms with Crippen LogP contribution in [0.2, 0.25) is 0 Å². The second-order valence-corrected chi connectivity index (χ2v) is 6.08. The van der Waals surface area contributed by atoms with Gasteiger partial charge in [0.1, 0.15) is 11.6 Å². The summed E-state index contributed by atoms with van der Waals surface area (Å²) in [6, 6.07) is 10.8. The van der Waals surface area contributed by atoms with E-state index in [1.165, 1.54) is 0 Å². The van der Waals surface area contributed by atoms with E-state index in [-0.39, 0.29) is 5.75 Å². The predicted octanol–water partition coefficient (Wildman–Crippen LogP) is 5.53. The second-order valence-electron chi connectivity index (χ2n) is 6.08. The maximum atomic E-state index is 9.61. The van der Waals surface area contributed by atoms with Crippen LogP contribution in [-0.4, -0.2) is 26.6 Å². The van der Waals surface area contributed by atoms with Gasteiger partial charge in [0.15, 0.2) is 0 Å². The molecule has 0 aliphatic heterocycles. The molecule has 2 aromatic heterocycles. The van der Waals surface area contributed by atoms with E-state index in [9.17, 15) is 5.11 Å². The van der Waals surface area contributed by atoms with E-state index in [0.717, 1.165) is 47.7 Å². The molecule has 6 heteroatoms. The summed E-state index contributed by atoms with van der Waals surface area (Å²) in [5, 5.41) is 16.1. The van der Waals surface area contributed by atoms with Crippen LogP contribution in [0.25, 0.3) is 11.3 Å². The molecular formula is C22H29N5O. The highest BCUT2D eigenvalue weighted by molar-refractivity contribution is 5.75. The molecule has 0 spiro atoms. The number of rotatable bonds is 7. The van der Waals surface area contributed by atoms with Crippen molar-refractivity contribution in [2.75, 3.05) is 17.2 Å². The van der Waals surface area contributed by atoms with E-state index in [2.05, 4.69) is 32.5 Å². The van der Waals surface area contributed by atoms with Gasteiger partial charge in [0.25, 0.3) is 0 Å². The summed E-state index contributed by atoms with van der Waals surface area (Å²) in [7, 11) is 0. The molecule has 0 unspecified atom stereocenters. The number of hydrogen-bond acceptors (Lipinski definition) is 6. The lowest BCUT2D eigenvalue weighted by atomic mass is 10.1. The molecule has 0 radical (unpaired) electrons. The summed E-state index contributed by atoms with van der Waals surface area (Å²) in [5.74, 6) is 1.49. The van der Waals surface area contributed by atoms with Gasteiger partial charge in [0, 0.05) is 36.3 Å². The van der Waals surface area contributed by atoms with Crippen molar-refractivity contribution in [1.82, 2.24) is 15.0 Å². The van der Waals surface area contributed by atoms with Crippen LogP contribution in [-0.2, 0) is 0 Å². The number of pyridine rings is 1. The van der Waals surface area contributed by atoms with Gasteiger partial charge in [0.2, 0.25) is 5.95 Å². The van der Waals surface area contributed by atoms with Gasteiger partial charge in [-0.2, -0.15) is 0 Å². The maximum Gasteiger partial charge on any atom is 0.227 e. The number of benzene rings is 1. The molecule has 3 aromatic rings. The molecule has 0 amide bonds. The molecule has 0 aliphatic carbocycles. The van der Waals surface area contributed by atoms with Gasteiger partial charge in [0.05, 0.1) is 5.69 Å². The molecule has 6 nitrogen and oxygen atoms in total. The monoisotopic (exact) mass is 379 g/mol. The van der Waals surface area contributed by atoms with Crippen LogP contribution >= 0.6 is 0 Å². The smallest absolute Gasteiger partial charge is 0.227 e. The molecule has 0 saturated carbocycles. The Morgan fingerprint density at radius 1 is 1.07 bits per heavy atom. The minimum atomic E-state index is 0.192. The van der Waals surface area contributed by atoms with E-state index in [1.807, 2.05) is 39.0 Å². The largest absolute Gasteiger partial charge is 0.508 e. The molecule has 0 fully saturated rings. The maximum absolute atomic E-state index is 9.61.